The first kappa shape index (κ1) is 19.9. The molecule has 0 unspecified atom stereocenters. The van der Waals surface area contributed by atoms with E-state index >= 15 is 0 Å². The zero-order chi connectivity index (χ0) is 20.6. The molecule has 0 saturated heterocycles. The van der Waals surface area contributed by atoms with Gasteiger partial charge in [-0.2, -0.15) is 18.3 Å². The summed E-state index contributed by atoms with van der Waals surface area (Å²) in [4.78, 5) is 18.9. The molecule has 5 nitrogen and oxygen atoms in total. The maximum absolute atomic E-state index is 12.9. The predicted octanol–water partition coefficient (Wildman–Crippen LogP) is 4.61. The Morgan fingerprint density at radius 3 is 2.43 bits per heavy atom. The lowest BCUT2D eigenvalue weighted by molar-refractivity contribution is -0.137. The Balaban J connectivity index is 1.82. The molecule has 2 heterocycles. The monoisotopic (exact) mass is 390 g/mol. The molecule has 0 bridgehead atoms. The lowest BCUT2D eigenvalue weighted by Crippen LogP contribution is -2.27. The number of rotatable bonds is 4. The fourth-order valence-corrected chi connectivity index (χ4v) is 3.01. The third kappa shape index (κ3) is 3.85. The van der Waals surface area contributed by atoms with Crippen LogP contribution in [-0.2, 0) is 12.7 Å². The van der Waals surface area contributed by atoms with Gasteiger partial charge in [-0.3, -0.25) is 4.79 Å². The van der Waals surface area contributed by atoms with Crippen molar-refractivity contribution >= 4 is 16.9 Å². The Labute approximate surface area is 160 Å². The largest absolute Gasteiger partial charge is 0.416 e. The average molecular weight is 390 g/mol. The van der Waals surface area contributed by atoms with Crippen LogP contribution in [0.5, 0.6) is 0 Å². The molecule has 8 heteroatoms. The standard InChI is InChI=1S/C20H21F3N4O/c1-12(2)27-18-15(10-24-27)9-17(13(3)25-18)19(28)26(4)11-14-5-7-16(8-6-14)20(21,22)23/h5-10,12H,11H2,1-4H3. The van der Waals surface area contributed by atoms with Gasteiger partial charge in [0.05, 0.1) is 23.0 Å². The van der Waals surface area contributed by atoms with Gasteiger partial charge in [-0.25, -0.2) is 9.67 Å². The van der Waals surface area contributed by atoms with Gasteiger partial charge in [-0.1, -0.05) is 12.1 Å². The molecule has 0 atom stereocenters. The lowest BCUT2D eigenvalue weighted by Gasteiger charge is -2.19. The summed E-state index contributed by atoms with van der Waals surface area (Å²) in [5, 5.41) is 5.08. The summed E-state index contributed by atoms with van der Waals surface area (Å²) in [6.45, 7) is 5.96. The van der Waals surface area contributed by atoms with Crippen LogP contribution in [-0.4, -0.2) is 32.6 Å². The number of carbonyl (C=O) groups is 1. The molecule has 0 aliphatic rings. The predicted molar refractivity (Wildman–Crippen MR) is 99.9 cm³/mol. The second-order valence-electron chi connectivity index (χ2n) is 7.07. The van der Waals surface area contributed by atoms with Gasteiger partial charge >= 0.3 is 6.18 Å². The van der Waals surface area contributed by atoms with Crippen molar-refractivity contribution in [2.45, 2.75) is 39.5 Å². The van der Waals surface area contributed by atoms with E-state index in [0.717, 1.165) is 23.2 Å². The van der Waals surface area contributed by atoms with E-state index in [4.69, 9.17) is 0 Å². The van der Waals surface area contributed by atoms with E-state index in [-0.39, 0.29) is 18.5 Å². The number of amides is 1. The normalized spacial score (nSPS) is 12.0. The van der Waals surface area contributed by atoms with Crippen molar-refractivity contribution in [2.75, 3.05) is 7.05 Å². The van der Waals surface area contributed by atoms with Gasteiger partial charge in [0.2, 0.25) is 0 Å². The SMILES string of the molecule is Cc1nc2c(cnn2C(C)C)cc1C(=O)N(C)Cc1ccc(C(F)(F)F)cc1. The van der Waals surface area contributed by atoms with Crippen LogP contribution in [0.1, 0.15) is 47.1 Å². The molecule has 3 aromatic rings. The van der Waals surface area contributed by atoms with Gasteiger partial charge in [-0.05, 0) is 44.5 Å². The Kier molecular flexibility index (Phi) is 5.14. The van der Waals surface area contributed by atoms with Gasteiger partial charge in [0, 0.05) is 25.0 Å². The van der Waals surface area contributed by atoms with Crippen molar-refractivity contribution in [3.05, 3.63) is 58.9 Å². The Morgan fingerprint density at radius 1 is 1.21 bits per heavy atom. The van der Waals surface area contributed by atoms with E-state index in [1.54, 1.807) is 30.9 Å². The molecule has 3 rings (SSSR count). The molecule has 1 amide bonds. The first-order valence-corrected chi connectivity index (χ1v) is 8.84. The number of carbonyl (C=O) groups excluding carboxylic acids is 1. The van der Waals surface area contributed by atoms with Gasteiger partial charge in [0.1, 0.15) is 0 Å². The van der Waals surface area contributed by atoms with Crippen LogP contribution < -0.4 is 0 Å². The summed E-state index contributed by atoms with van der Waals surface area (Å²) >= 11 is 0. The second kappa shape index (κ2) is 7.26. The molecule has 148 valence electrons. The highest BCUT2D eigenvalue weighted by Gasteiger charge is 2.30. The summed E-state index contributed by atoms with van der Waals surface area (Å²) in [6.07, 6.45) is -2.70. The highest BCUT2D eigenvalue weighted by Crippen LogP contribution is 2.29. The average Bonchev–Trinajstić information content (AvgIpc) is 3.03. The third-order valence-electron chi connectivity index (χ3n) is 4.53. The van der Waals surface area contributed by atoms with Gasteiger partial charge in [0.25, 0.3) is 5.91 Å². The lowest BCUT2D eigenvalue weighted by atomic mass is 10.1. The number of hydrogen-bond acceptors (Lipinski definition) is 3. The zero-order valence-corrected chi connectivity index (χ0v) is 16.1. The summed E-state index contributed by atoms with van der Waals surface area (Å²) in [6, 6.07) is 6.71. The summed E-state index contributed by atoms with van der Waals surface area (Å²) in [5.74, 6) is -0.246. The maximum Gasteiger partial charge on any atom is 0.416 e. The number of pyridine rings is 1. The molecular weight excluding hydrogens is 369 g/mol. The number of hydrogen-bond donors (Lipinski definition) is 0. The molecule has 28 heavy (non-hydrogen) atoms. The zero-order valence-electron chi connectivity index (χ0n) is 16.1. The van der Waals surface area contributed by atoms with Crippen molar-refractivity contribution in [2.24, 2.45) is 0 Å². The van der Waals surface area contributed by atoms with Crippen LogP contribution in [0.3, 0.4) is 0 Å². The van der Waals surface area contributed by atoms with Crippen molar-refractivity contribution in [3.8, 4) is 0 Å². The molecule has 0 N–H and O–H groups in total. The summed E-state index contributed by atoms with van der Waals surface area (Å²) in [5.41, 5.74) is 1.65. The molecule has 0 fully saturated rings. The van der Waals surface area contributed by atoms with E-state index < -0.39 is 11.7 Å². The van der Waals surface area contributed by atoms with Crippen LogP contribution in [0.4, 0.5) is 13.2 Å². The van der Waals surface area contributed by atoms with Gasteiger partial charge in [-0.15, -0.1) is 0 Å². The van der Waals surface area contributed by atoms with Gasteiger partial charge < -0.3 is 4.90 Å². The second-order valence-corrected chi connectivity index (χ2v) is 7.07. The van der Waals surface area contributed by atoms with Crippen molar-refractivity contribution in [1.82, 2.24) is 19.7 Å². The molecule has 0 spiro atoms. The van der Waals surface area contributed by atoms with Crippen LogP contribution >= 0.6 is 0 Å². The number of alkyl halides is 3. The fourth-order valence-electron chi connectivity index (χ4n) is 3.01. The maximum atomic E-state index is 12.9. The molecule has 0 radical (unpaired) electrons. The van der Waals surface area contributed by atoms with E-state index in [1.807, 2.05) is 13.8 Å². The number of aromatic nitrogens is 3. The van der Waals surface area contributed by atoms with Crippen molar-refractivity contribution < 1.29 is 18.0 Å². The van der Waals surface area contributed by atoms with Crippen LogP contribution in [0.25, 0.3) is 11.0 Å². The number of aryl methyl sites for hydroxylation is 1. The Morgan fingerprint density at radius 2 is 1.86 bits per heavy atom. The fraction of sp³-hybridized carbons (Fsp3) is 0.350. The quantitative estimate of drug-likeness (QED) is 0.654. The summed E-state index contributed by atoms with van der Waals surface area (Å²) in [7, 11) is 1.61. The van der Waals surface area contributed by atoms with E-state index in [2.05, 4.69) is 10.1 Å². The molecule has 2 aromatic heterocycles. The summed E-state index contributed by atoms with van der Waals surface area (Å²) < 4.78 is 39.8. The number of halogens is 3. The molecule has 0 aliphatic heterocycles. The Bertz CT molecular complexity index is 1010. The highest BCUT2D eigenvalue weighted by atomic mass is 19.4. The Hall–Kier alpha value is -2.90. The van der Waals surface area contributed by atoms with Gasteiger partial charge in [0.15, 0.2) is 5.65 Å². The number of fused-ring (bicyclic) bond motifs is 1. The van der Waals surface area contributed by atoms with E-state index in [1.165, 1.54) is 17.0 Å². The minimum atomic E-state index is -4.38. The van der Waals surface area contributed by atoms with Crippen molar-refractivity contribution in [3.63, 3.8) is 0 Å². The first-order chi connectivity index (χ1) is 13.1. The minimum Gasteiger partial charge on any atom is -0.337 e. The molecule has 1 aromatic carbocycles. The molecule has 0 aliphatic carbocycles. The topological polar surface area (TPSA) is 51.0 Å². The minimum absolute atomic E-state index is 0.147. The number of nitrogens with zero attached hydrogens (tertiary/aromatic N) is 4. The van der Waals surface area contributed by atoms with Crippen LogP contribution in [0.15, 0.2) is 36.5 Å². The third-order valence-corrected chi connectivity index (χ3v) is 4.53. The van der Waals surface area contributed by atoms with Crippen LogP contribution in [0, 0.1) is 6.92 Å². The smallest absolute Gasteiger partial charge is 0.337 e. The molecule has 0 saturated carbocycles. The first-order valence-electron chi connectivity index (χ1n) is 8.84. The highest BCUT2D eigenvalue weighted by molar-refractivity contribution is 5.98. The van der Waals surface area contributed by atoms with Crippen LogP contribution in [0.2, 0.25) is 0 Å². The number of benzene rings is 1. The van der Waals surface area contributed by atoms with Crippen molar-refractivity contribution in [1.29, 1.82) is 0 Å². The van der Waals surface area contributed by atoms with E-state index in [9.17, 15) is 18.0 Å². The van der Waals surface area contributed by atoms with E-state index in [0.29, 0.717) is 16.8 Å². The molecular formula is C20H21F3N4O.